The zero-order valence-corrected chi connectivity index (χ0v) is 8.47. The Kier molecular flexibility index (Phi) is 7.33. The molecule has 0 amide bonds. The number of unbranched alkanes of at least 4 members (excludes halogenated alkanes) is 1. The van der Waals surface area contributed by atoms with Gasteiger partial charge in [0.25, 0.3) is 0 Å². The third kappa shape index (κ3) is 9.10. The molecule has 0 aliphatic rings. The van der Waals surface area contributed by atoms with Gasteiger partial charge in [0.05, 0.1) is 0 Å². The molecule has 0 aliphatic carbocycles. The maximum Gasteiger partial charge on any atom is 0.205 e. The fraction of sp³-hybridized carbons (Fsp3) is 0.727. The molecule has 0 aromatic carbocycles. The molecular weight excluding hydrogens is 164 g/mol. The maximum atomic E-state index is 11.0. The van der Waals surface area contributed by atoms with Crippen LogP contribution in [0.5, 0.6) is 0 Å². The van der Waals surface area contributed by atoms with Gasteiger partial charge in [0.15, 0.2) is 0 Å². The Morgan fingerprint density at radius 2 is 2.08 bits per heavy atom. The van der Waals surface area contributed by atoms with E-state index in [1.165, 1.54) is 6.42 Å². The summed E-state index contributed by atoms with van der Waals surface area (Å²) in [6.45, 7) is 4.12. The Morgan fingerprint density at radius 3 is 2.62 bits per heavy atom. The van der Waals surface area contributed by atoms with E-state index in [1.54, 1.807) is 0 Å². The molecule has 2 nitrogen and oxygen atoms in total. The van der Waals surface area contributed by atoms with Crippen molar-refractivity contribution in [2.45, 2.75) is 39.5 Å². The van der Waals surface area contributed by atoms with Crippen molar-refractivity contribution in [2.24, 2.45) is 5.92 Å². The van der Waals surface area contributed by atoms with Crippen LogP contribution in [0.2, 0.25) is 0 Å². The van der Waals surface area contributed by atoms with Gasteiger partial charge in [-0.05, 0) is 18.3 Å². The molecule has 1 N–H and O–H groups in total. The Hall–Kier alpha value is -0.810. The highest BCUT2D eigenvalue weighted by molar-refractivity contribution is 5.95. The summed E-state index contributed by atoms with van der Waals surface area (Å²) in [6, 6.07) is 0. The van der Waals surface area contributed by atoms with Crippen molar-refractivity contribution in [3.05, 3.63) is 0 Å². The molecular formula is C11H18O2. The lowest BCUT2D eigenvalue weighted by Gasteiger charge is -2.01. The molecule has 0 rings (SSSR count). The predicted molar refractivity (Wildman–Crippen MR) is 53.2 cm³/mol. The minimum absolute atomic E-state index is 0.0576. The van der Waals surface area contributed by atoms with E-state index in [4.69, 9.17) is 5.11 Å². The number of carbonyl (C=O) groups excluding carboxylic acids is 1. The third-order valence-electron chi connectivity index (χ3n) is 1.74. The van der Waals surface area contributed by atoms with Gasteiger partial charge >= 0.3 is 0 Å². The Labute approximate surface area is 80.3 Å². The van der Waals surface area contributed by atoms with Crippen molar-refractivity contribution in [3.8, 4) is 11.8 Å². The second-order valence-electron chi connectivity index (χ2n) is 3.52. The first-order valence-corrected chi connectivity index (χ1v) is 4.79. The highest BCUT2D eigenvalue weighted by atomic mass is 16.2. The van der Waals surface area contributed by atoms with Crippen LogP contribution in [0.4, 0.5) is 0 Å². The van der Waals surface area contributed by atoms with Crippen LogP contribution in [0.15, 0.2) is 0 Å². The first kappa shape index (κ1) is 12.2. The number of rotatable bonds is 5. The number of ketones is 1. The van der Waals surface area contributed by atoms with Gasteiger partial charge in [-0.3, -0.25) is 4.79 Å². The summed E-state index contributed by atoms with van der Waals surface area (Å²) in [7, 11) is 0. The largest absolute Gasteiger partial charge is 0.384 e. The Bertz CT molecular complexity index is 196. The Morgan fingerprint density at radius 1 is 1.38 bits per heavy atom. The SMILES string of the molecule is CC(C)CCCCC(=O)C#CCO. The molecule has 0 saturated heterocycles. The maximum absolute atomic E-state index is 11.0. The summed E-state index contributed by atoms with van der Waals surface area (Å²) in [6.07, 6.45) is 3.70. The molecule has 2 heteroatoms. The smallest absolute Gasteiger partial charge is 0.205 e. The Balaban J connectivity index is 3.37. The van der Waals surface area contributed by atoms with E-state index in [1.807, 2.05) is 0 Å². The van der Waals surface area contributed by atoms with Crippen molar-refractivity contribution in [1.82, 2.24) is 0 Å². The summed E-state index contributed by atoms with van der Waals surface area (Å²) >= 11 is 0. The molecule has 0 aliphatic heterocycles. The van der Waals surface area contributed by atoms with Crippen LogP contribution >= 0.6 is 0 Å². The highest BCUT2D eigenvalue weighted by Gasteiger charge is 1.98. The fourth-order valence-electron chi connectivity index (χ4n) is 1.04. The number of carbonyl (C=O) groups is 1. The van der Waals surface area contributed by atoms with Crippen LogP contribution in [0.3, 0.4) is 0 Å². The second kappa shape index (κ2) is 7.82. The molecule has 13 heavy (non-hydrogen) atoms. The molecule has 0 unspecified atom stereocenters. The number of aliphatic hydroxyl groups excluding tert-OH is 1. The van der Waals surface area contributed by atoms with Gasteiger partial charge in [0, 0.05) is 6.42 Å². The van der Waals surface area contributed by atoms with Crippen LogP contribution in [0.1, 0.15) is 39.5 Å². The summed E-state index contributed by atoms with van der Waals surface area (Å²) in [4.78, 5) is 11.0. The molecule has 74 valence electrons. The average Bonchev–Trinajstić information content (AvgIpc) is 2.08. The summed E-state index contributed by atoms with van der Waals surface area (Å²) in [5, 5.41) is 8.33. The van der Waals surface area contributed by atoms with E-state index in [2.05, 4.69) is 25.7 Å². The first-order valence-electron chi connectivity index (χ1n) is 4.79. The molecule has 0 aromatic heterocycles. The molecule has 0 heterocycles. The molecule has 0 bridgehead atoms. The normalized spacial score (nSPS) is 9.54. The topological polar surface area (TPSA) is 37.3 Å². The quantitative estimate of drug-likeness (QED) is 0.399. The van der Waals surface area contributed by atoms with Gasteiger partial charge in [-0.15, -0.1) is 0 Å². The van der Waals surface area contributed by atoms with Gasteiger partial charge in [-0.1, -0.05) is 32.6 Å². The lowest BCUT2D eigenvalue weighted by Crippen LogP contribution is -1.95. The molecule has 0 saturated carbocycles. The second-order valence-corrected chi connectivity index (χ2v) is 3.52. The van der Waals surface area contributed by atoms with Crippen LogP contribution in [-0.4, -0.2) is 17.5 Å². The van der Waals surface area contributed by atoms with Crippen LogP contribution in [0.25, 0.3) is 0 Å². The van der Waals surface area contributed by atoms with E-state index in [9.17, 15) is 4.79 Å². The third-order valence-corrected chi connectivity index (χ3v) is 1.74. The molecule has 0 spiro atoms. The van der Waals surface area contributed by atoms with Crippen molar-refractivity contribution < 1.29 is 9.90 Å². The molecule has 0 radical (unpaired) electrons. The van der Waals surface area contributed by atoms with Gasteiger partial charge in [0.2, 0.25) is 5.78 Å². The van der Waals surface area contributed by atoms with Gasteiger partial charge < -0.3 is 5.11 Å². The van der Waals surface area contributed by atoms with E-state index >= 15 is 0 Å². The van der Waals surface area contributed by atoms with E-state index in [0.29, 0.717) is 12.3 Å². The lowest BCUT2D eigenvalue weighted by molar-refractivity contribution is -0.113. The monoisotopic (exact) mass is 182 g/mol. The minimum atomic E-state index is -0.224. The van der Waals surface area contributed by atoms with Gasteiger partial charge in [-0.2, -0.15) is 0 Å². The number of aliphatic hydroxyl groups is 1. The average molecular weight is 182 g/mol. The van der Waals surface area contributed by atoms with E-state index in [0.717, 1.165) is 12.8 Å². The van der Waals surface area contributed by atoms with Gasteiger partial charge in [0.1, 0.15) is 6.61 Å². The lowest BCUT2D eigenvalue weighted by atomic mass is 10.0. The number of hydrogen-bond acceptors (Lipinski definition) is 2. The van der Waals surface area contributed by atoms with Crippen LogP contribution in [0, 0.1) is 17.8 Å². The van der Waals surface area contributed by atoms with Crippen molar-refractivity contribution in [1.29, 1.82) is 0 Å². The fourth-order valence-corrected chi connectivity index (χ4v) is 1.04. The minimum Gasteiger partial charge on any atom is -0.384 e. The summed E-state index contributed by atoms with van der Waals surface area (Å²) < 4.78 is 0. The van der Waals surface area contributed by atoms with E-state index in [-0.39, 0.29) is 12.4 Å². The summed E-state index contributed by atoms with van der Waals surface area (Å²) in [5.41, 5.74) is 0. The standard InChI is InChI=1S/C11H18O2/c1-10(2)6-3-4-7-11(13)8-5-9-12/h10,12H,3-4,6-7,9H2,1-2H3. The van der Waals surface area contributed by atoms with Crippen molar-refractivity contribution >= 4 is 5.78 Å². The van der Waals surface area contributed by atoms with Crippen LogP contribution < -0.4 is 0 Å². The van der Waals surface area contributed by atoms with E-state index < -0.39 is 0 Å². The van der Waals surface area contributed by atoms with Crippen LogP contribution in [-0.2, 0) is 4.79 Å². The number of Topliss-reactive ketones (excluding diaryl/α,β-unsaturated/α-hetero) is 1. The van der Waals surface area contributed by atoms with Crippen molar-refractivity contribution in [2.75, 3.05) is 6.61 Å². The highest BCUT2D eigenvalue weighted by Crippen LogP contribution is 2.07. The zero-order chi connectivity index (χ0) is 10.1. The molecule has 0 aromatic rings. The zero-order valence-electron chi connectivity index (χ0n) is 8.47. The predicted octanol–water partition coefficient (Wildman–Crippen LogP) is 1.77. The molecule has 0 fully saturated rings. The van der Waals surface area contributed by atoms with Gasteiger partial charge in [-0.25, -0.2) is 0 Å². The summed E-state index contributed by atoms with van der Waals surface area (Å²) in [5.74, 6) is 5.38. The number of hydrogen-bond donors (Lipinski definition) is 1. The van der Waals surface area contributed by atoms with Crippen molar-refractivity contribution in [3.63, 3.8) is 0 Å². The first-order chi connectivity index (χ1) is 6.16. The molecule has 0 atom stereocenters.